The Balaban J connectivity index is 1.09. The first kappa shape index (κ1) is 19.6. The molecule has 1 saturated heterocycles. The number of piperidine rings is 1. The number of H-pyrrole nitrogens is 1. The van der Waals surface area contributed by atoms with E-state index in [0.29, 0.717) is 25.0 Å². The Bertz CT molecular complexity index is 1180. The molecule has 9 heteroatoms. The summed E-state index contributed by atoms with van der Waals surface area (Å²) in [4.78, 5) is 21.5. The van der Waals surface area contributed by atoms with Crippen LogP contribution in [0.4, 0.5) is 4.39 Å². The number of hydrogen-bond acceptors (Lipinski definition) is 4. The smallest absolute Gasteiger partial charge is 0.275 e. The summed E-state index contributed by atoms with van der Waals surface area (Å²) in [6.07, 6.45) is 2.51. The number of rotatable bonds is 6. The van der Waals surface area contributed by atoms with Crippen molar-refractivity contribution in [2.45, 2.75) is 25.3 Å². The van der Waals surface area contributed by atoms with E-state index in [1.807, 2.05) is 28.9 Å². The molecule has 0 spiro atoms. The molecule has 31 heavy (non-hydrogen) atoms. The Morgan fingerprint density at radius 3 is 2.87 bits per heavy atom. The summed E-state index contributed by atoms with van der Waals surface area (Å²) >= 11 is 0. The van der Waals surface area contributed by atoms with Crippen LogP contribution >= 0.6 is 0 Å². The maximum absolute atomic E-state index is 13.4. The van der Waals surface area contributed by atoms with Crippen molar-refractivity contribution in [1.29, 1.82) is 0 Å². The second-order valence-electron chi connectivity index (χ2n) is 8.13. The van der Waals surface area contributed by atoms with Gasteiger partial charge in [0.1, 0.15) is 17.2 Å². The number of aromatic amines is 1. The molecule has 0 atom stereocenters. The number of halogens is 1. The molecular weight excluding hydrogens is 397 g/mol. The number of nitrogens with one attached hydrogen (secondary N) is 3. The summed E-state index contributed by atoms with van der Waals surface area (Å²) in [7, 11) is 0. The molecule has 0 aliphatic carbocycles. The molecule has 1 aliphatic rings. The molecule has 0 bridgehead atoms. The number of carbonyl (C=O) groups excluding carboxylic acids is 1. The summed E-state index contributed by atoms with van der Waals surface area (Å²) in [6, 6.07) is 12.7. The Hall–Kier alpha value is -3.33. The summed E-state index contributed by atoms with van der Waals surface area (Å²) in [5, 5.41) is 11.3. The molecule has 4 aromatic rings. The number of likely N-dealkylation sites (tertiary alicyclic amines) is 1. The second-order valence-corrected chi connectivity index (χ2v) is 8.13. The van der Waals surface area contributed by atoms with Crippen molar-refractivity contribution in [2.75, 3.05) is 26.2 Å². The monoisotopic (exact) mass is 422 g/mol. The van der Waals surface area contributed by atoms with E-state index in [1.54, 1.807) is 6.07 Å². The molecule has 3 N–H and O–H groups in total. The summed E-state index contributed by atoms with van der Waals surface area (Å²) < 4.78 is 15.3. The van der Waals surface area contributed by atoms with Crippen molar-refractivity contribution in [1.82, 2.24) is 30.3 Å². The summed E-state index contributed by atoms with van der Waals surface area (Å²) in [5.74, 6) is 0.644. The van der Waals surface area contributed by atoms with E-state index in [4.69, 9.17) is 0 Å². The number of amides is 1. The van der Waals surface area contributed by atoms with Crippen LogP contribution in [0.25, 0.3) is 22.1 Å². The quantitative estimate of drug-likeness (QED) is 0.433. The highest BCUT2D eigenvalue weighted by atomic mass is 19.1. The third-order valence-corrected chi connectivity index (χ3v) is 5.97. The molecule has 0 radical (unpaired) electrons. The SMILES string of the molecule is O=C(C[NH+]1CCC(n2nnc3cc(F)ccc32)CC1)NCCc1nc2ccccc2[nH]1. The lowest BCUT2D eigenvalue weighted by Gasteiger charge is -2.29. The summed E-state index contributed by atoms with van der Waals surface area (Å²) in [5.41, 5.74) is 3.40. The summed E-state index contributed by atoms with van der Waals surface area (Å²) in [6.45, 7) is 2.82. The fourth-order valence-electron chi connectivity index (χ4n) is 4.35. The van der Waals surface area contributed by atoms with E-state index >= 15 is 0 Å². The number of benzene rings is 2. The minimum atomic E-state index is -0.301. The van der Waals surface area contributed by atoms with Crippen molar-refractivity contribution in [2.24, 2.45) is 0 Å². The maximum atomic E-state index is 13.4. The van der Waals surface area contributed by atoms with Gasteiger partial charge in [0, 0.05) is 31.9 Å². The predicted molar refractivity (Wildman–Crippen MR) is 114 cm³/mol. The molecule has 5 rings (SSSR count). The van der Waals surface area contributed by atoms with Gasteiger partial charge in [-0.15, -0.1) is 5.10 Å². The van der Waals surface area contributed by atoms with Crippen molar-refractivity contribution in [3.05, 3.63) is 54.1 Å². The topological polar surface area (TPSA) is 92.9 Å². The third kappa shape index (κ3) is 4.27. The van der Waals surface area contributed by atoms with Crippen LogP contribution in [0.15, 0.2) is 42.5 Å². The van der Waals surface area contributed by atoms with Crippen LogP contribution in [-0.2, 0) is 11.2 Å². The minimum Gasteiger partial charge on any atom is -0.351 e. The molecule has 160 valence electrons. The number of fused-ring (bicyclic) bond motifs is 2. The second kappa shape index (κ2) is 8.43. The number of imidazole rings is 1. The predicted octanol–water partition coefficient (Wildman–Crippen LogP) is 1.03. The minimum absolute atomic E-state index is 0.0613. The first-order valence-corrected chi connectivity index (χ1v) is 10.7. The van der Waals surface area contributed by atoms with Gasteiger partial charge in [-0.3, -0.25) is 4.79 Å². The first-order valence-electron chi connectivity index (χ1n) is 10.7. The zero-order valence-electron chi connectivity index (χ0n) is 17.1. The highest BCUT2D eigenvalue weighted by molar-refractivity contribution is 5.77. The molecule has 0 unspecified atom stereocenters. The zero-order valence-corrected chi connectivity index (χ0v) is 17.1. The third-order valence-electron chi connectivity index (χ3n) is 5.97. The molecule has 2 aromatic heterocycles. The molecule has 1 aliphatic heterocycles. The van der Waals surface area contributed by atoms with Crippen molar-refractivity contribution >= 4 is 28.0 Å². The van der Waals surface area contributed by atoms with Gasteiger partial charge in [-0.2, -0.15) is 0 Å². The molecule has 8 nitrogen and oxygen atoms in total. The van der Waals surface area contributed by atoms with Crippen molar-refractivity contribution in [3.63, 3.8) is 0 Å². The van der Waals surface area contributed by atoms with Crippen molar-refractivity contribution in [3.8, 4) is 0 Å². The van der Waals surface area contributed by atoms with Gasteiger partial charge in [-0.25, -0.2) is 14.1 Å². The standard InChI is InChI=1S/C22H24FN7O/c23-15-5-6-20-19(13-15)27-28-30(20)16-8-11-29(12-9-16)14-22(31)24-10-7-21-25-17-3-1-2-4-18(17)26-21/h1-6,13,16H,7-12,14H2,(H,24,31)(H,25,26)/p+1. The van der Waals surface area contributed by atoms with Crippen LogP contribution in [0, 0.1) is 5.82 Å². The number of para-hydroxylation sites is 2. The van der Waals surface area contributed by atoms with Gasteiger partial charge in [0.25, 0.3) is 5.91 Å². The molecular formula is C22H25FN7O+. The van der Waals surface area contributed by atoms with Gasteiger partial charge < -0.3 is 15.2 Å². The highest BCUT2D eigenvalue weighted by Gasteiger charge is 2.26. The fourth-order valence-corrected chi connectivity index (χ4v) is 4.35. The van der Waals surface area contributed by atoms with Crippen LogP contribution in [0.2, 0.25) is 0 Å². The van der Waals surface area contributed by atoms with Crippen LogP contribution in [0.5, 0.6) is 0 Å². The Morgan fingerprint density at radius 2 is 2.03 bits per heavy atom. The van der Waals surface area contributed by atoms with Gasteiger partial charge in [-0.1, -0.05) is 17.3 Å². The van der Waals surface area contributed by atoms with E-state index in [1.165, 1.54) is 17.0 Å². The number of aromatic nitrogens is 5. The largest absolute Gasteiger partial charge is 0.351 e. The van der Waals surface area contributed by atoms with E-state index in [9.17, 15) is 9.18 Å². The van der Waals surface area contributed by atoms with Gasteiger partial charge in [0.15, 0.2) is 6.54 Å². The van der Waals surface area contributed by atoms with Crippen molar-refractivity contribution < 1.29 is 14.1 Å². The number of nitrogens with zero attached hydrogens (tertiary/aromatic N) is 4. The molecule has 1 amide bonds. The Labute approximate surface area is 178 Å². The zero-order chi connectivity index (χ0) is 21.2. The Kier molecular flexibility index (Phi) is 5.33. The van der Waals surface area contributed by atoms with Crippen LogP contribution in [0.1, 0.15) is 24.7 Å². The average Bonchev–Trinajstić information content (AvgIpc) is 3.37. The van der Waals surface area contributed by atoms with Gasteiger partial charge in [0.05, 0.1) is 35.7 Å². The molecule has 2 aromatic carbocycles. The maximum Gasteiger partial charge on any atom is 0.275 e. The molecule has 0 saturated carbocycles. The van der Waals surface area contributed by atoms with Gasteiger partial charge >= 0.3 is 0 Å². The van der Waals surface area contributed by atoms with E-state index in [0.717, 1.165) is 48.3 Å². The lowest BCUT2D eigenvalue weighted by atomic mass is 10.0. The first-order chi connectivity index (χ1) is 15.2. The molecule has 3 heterocycles. The molecule has 1 fully saturated rings. The van der Waals surface area contributed by atoms with Gasteiger partial charge in [0.2, 0.25) is 0 Å². The van der Waals surface area contributed by atoms with Crippen LogP contribution in [0.3, 0.4) is 0 Å². The lowest BCUT2D eigenvalue weighted by molar-refractivity contribution is -0.897. The highest BCUT2D eigenvalue weighted by Crippen LogP contribution is 2.22. The van der Waals surface area contributed by atoms with Gasteiger partial charge in [-0.05, 0) is 24.3 Å². The van der Waals surface area contributed by atoms with E-state index in [-0.39, 0.29) is 17.8 Å². The normalized spacial score (nSPS) is 19.1. The van der Waals surface area contributed by atoms with Crippen LogP contribution < -0.4 is 10.2 Å². The average molecular weight is 422 g/mol. The van der Waals surface area contributed by atoms with E-state index < -0.39 is 0 Å². The fraction of sp³-hybridized carbons (Fsp3) is 0.364. The van der Waals surface area contributed by atoms with E-state index in [2.05, 4.69) is 25.6 Å². The lowest BCUT2D eigenvalue weighted by Crippen LogP contribution is -3.14. The number of hydrogen-bond donors (Lipinski definition) is 3. The van der Waals surface area contributed by atoms with Crippen LogP contribution in [-0.4, -0.2) is 57.0 Å². The number of carbonyl (C=O) groups is 1. The number of quaternary nitrogens is 1. The Morgan fingerprint density at radius 1 is 1.19 bits per heavy atom.